The third kappa shape index (κ3) is 1.79. The van der Waals surface area contributed by atoms with E-state index in [1.54, 1.807) is 0 Å². The zero-order valence-electron chi connectivity index (χ0n) is 12.5. The van der Waals surface area contributed by atoms with E-state index in [1.165, 1.54) is 11.1 Å². The molecule has 1 aliphatic heterocycles. The second-order valence-electron chi connectivity index (χ2n) is 5.87. The van der Waals surface area contributed by atoms with Gasteiger partial charge in [0.1, 0.15) is 5.76 Å². The van der Waals surface area contributed by atoms with Crippen LogP contribution in [0.15, 0.2) is 71.2 Å². The zero-order valence-corrected chi connectivity index (χ0v) is 14.1. The largest absolute Gasteiger partial charge is 0.422 e. The van der Waals surface area contributed by atoms with E-state index in [0.717, 1.165) is 26.7 Å². The maximum atomic E-state index is 12.3. The number of rotatable bonds is 0. The van der Waals surface area contributed by atoms with Gasteiger partial charge >= 0.3 is 5.97 Å². The number of cyclic esters (lactones) is 1. The van der Waals surface area contributed by atoms with Crippen LogP contribution in [0.5, 0.6) is 0 Å². The van der Waals surface area contributed by atoms with Crippen molar-refractivity contribution in [1.82, 2.24) is 0 Å². The van der Waals surface area contributed by atoms with Gasteiger partial charge < -0.3 is 4.74 Å². The Labute approximate surface area is 147 Å². The highest BCUT2D eigenvalue weighted by atomic mass is 79.9. The van der Waals surface area contributed by atoms with Crippen molar-refractivity contribution in [2.24, 2.45) is 0 Å². The molecular formula is C21H11BrO2. The van der Waals surface area contributed by atoms with E-state index < -0.39 is 0 Å². The van der Waals surface area contributed by atoms with Crippen LogP contribution < -0.4 is 0 Å². The van der Waals surface area contributed by atoms with Crippen molar-refractivity contribution in [2.75, 3.05) is 0 Å². The highest BCUT2D eigenvalue weighted by Gasteiger charge is 2.34. The quantitative estimate of drug-likeness (QED) is 0.379. The number of ether oxygens (including phenoxy) is 1. The van der Waals surface area contributed by atoms with Gasteiger partial charge in [0.25, 0.3) is 0 Å². The lowest BCUT2D eigenvalue weighted by Crippen LogP contribution is -1.93. The summed E-state index contributed by atoms with van der Waals surface area (Å²) in [6.07, 6.45) is 0. The Hall–Kier alpha value is -2.65. The molecule has 3 heteroatoms. The van der Waals surface area contributed by atoms with Gasteiger partial charge in [-0.2, -0.15) is 0 Å². The highest BCUT2D eigenvalue weighted by molar-refractivity contribution is 9.10. The lowest BCUT2D eigenvalue weighted by molar-refractivity contribution is 0.0716. The van der Waals surface area contributed by atoms with Crippen molar-refractivity contribution in [3.8, 4) is 11.1 Å². The summed E-state index contributed by atoms with van der Waals surface area (Å²) >= 11 is 3.49. The van der Waals surface area contributed by atoms with E-state index in [4.69, 9.17) is 4.74 Å². The van der Waals surface area contributed by atoms with E-state index >= 15 is 0 Å². The minimum absolute atomic E-state index is 0.290. The Bertz CT molecular complexity index is 1020. The summed E-state index contributed by atoms with van der Waals surface area (Å²) in [6.45, 7) is 0. The highest BCUT2D eigenvalue weighted by Crippen LogP contribution is 2.49. The lowest BCUT2D eigenvalue weighted by atomic mass is 9.98. The first-order valence-electron chi connectivity index (χ1n) is 7.69. The van der Waals surface area contributed by atoms with Crippen LogP contribution in [0.25, 0.3) is 22.5 Å². The summed E-state index contributed by atoms with van der Waals surface area (Å²) < 4.78 is 6.63. The minimum atomic E-state index is -0.290. The molecule has 3 aromatic rings. The van der Waals surface area contributed by atoms with Gasteiger partial charge in [0, 0.05) is 15.6 Å². The van der Waals surface area contributed by atoms with Crippen LogP contribution in [0, 0.1) is 0 Å². The Morgan fingerprint density at radius 1 is 0.667 bits per heavy atom. The van der Waals surface area contributed by atoms with Gasteiger partial charge in [-0.05, 0) is 40.5 Å². The lowest BCUT2D eigenvalue weighted by Gasteiger charge is -2.08. The van der Waals surface area contributed by atoms with Gasteiger partial charge in [-0.1, -0.05) is 64.5 Å². The summed E-state index contributed by atoms with van der Waals surface area (Å²) in [5.41, 5.74) is 7.01. The molecule has 24 heavy (non-hydrogen) atoms. The van der Waals surface area contributed by atoms with E-state index in [2.05, 4.69) is 40.2 Å². The number of carbonyl (C=O) groups is 1. The molecule has 1 heterocycles. The first-order valence-corrected chi connectivity index (χ1v) is 8.49. The van der Waals surface area contributed by atoms with E-state index in [1.807, 2.05) is 42.5 Å². The van der Waals surface area contributed by atoms with Crippen molar-refractivity contribution in [1.29, 1.82) is 0 Å². The predicted molar refractivity (Wildman–Crippen MR) is 97.4 cm³/mol. The Morgan fingerprint density at radius 2 is 1.25 bits per heavy atom. The fourth-order valence-electron chi connectivity index (χ4n) is 3.53. The number of carbonyl (C=O) groups excluding carboxylic acids is 1. The molecule has 0 spiro atoms. The van der Waals surface area contributed by atoms with Gasteiger partial charge in [0.2, 0.25) is 0 Å². The smallest absolute Gasteiger partial charge is 0.344 e. The number of benzene rings is 3. The van der Waals surface area contributed by atoms with Crippen LogP contribution in [-0.4, -0.2) is 5.97 Å². The molecule has 0 atom stereocenters. The standard InChI is InChI=1S/C21H11BrO2/c22-12-9-10-17-18(11-12)20(24-21(17)23)19-15-7-3-1-5-13(15)14-6-2-4-8-16(14)19/h1-11H. The third-order valence-electron chi connectivity index (χ3n) is 4.55. The van der Waals surface area contributed by atoms with Crippen molar-refractivity contribution in [2.45, 2.75) is 0 Å². The van der Waals surface area contributed by atoms with Gasteiger partial charge in [0.15, 0.2) is 0 Å². The topological polar surface area (TPSA) is 26.3 Å². The predicted octanol–water partition coefficient (Wildman–Crippen LogP) is 5.52. The maximum absolute atomic E-state index is 12.3. The molecule has 2 nitrogen and oxygen atoms in total. The molecule has 0 amide bonds. The third-order valence-corrected chi connectivity index (χ3v) is 5.04. The van der Waals surface area contributed by atoms with Crippen LogP contribution in [-0.2, 0) is 4.74 Å². The number of esters is 1. The summed E-state index contributed by atoms with van der Waals surface area (Å²) in [5.74, 6) is 0.357. The monoisotopic (exact) mass is 374 g/mol. The van der Waals surface area contributed by atoms with Gasteiger partial charge in [-0.3, -0.25) is 0 Å². The average Bonchev–Trinajstić information content (AvgIpc) is 3.10. The molecule has 0 saturated carbocycles. The first kappa shape index (κ1) is 13.8. The van der Waals surface area contributed by atoms with E-state index in [-0.39, 0.29) is 5.97 Å². The van der Waals surface area contributed by atoms with Crippen molar-refractivity contribution < 1.29 is 9.53 Å². The Kier molecular flexibility index (Phi) is 2.82. The van der Waals surface area contributed by atoms with Crippen molar-refractivity contribution in [3.05, 3.63) is 93.5 Å². The molecule has 2 aliphatic rings. The molecule has 0 fully saturated rings. The number of hydrogen-bond donors (Lipinski definition) is 0. The molecule has 0 N–H and O–H groups in total. The number of fused-ring (bicyclic) bond motifs is 4. The number of hydrogen-bond acceptors (Lipinski definition) is 2. The zero-order chi connectivity index (χ0) is 16.3. The fourth-order valence-corrected chi connectivity index (χ4v) is 3.89. The summed E-state index contributed by atoms with van der Waals surface area (Å²) in [5, 5.41) is 0. The van der Waals surface area contributed by atoms with Gasteiger partial charge in [-0.15, -0.1) is 0 Å². The molecule has 3 aromatic carbocycles. The number of halogens is 1. The fraction of sp³-hybridized carbons (Fsp3) is 0. The SMILES string of the molecule is O=C1OC(=C2c3ccccc3-c3ccccc32)c2cc(Br)ccc21. The minimum Gasteiger partial charge on any atom is -0.422 e. The molecule has 1 aliphatic carbocycles. The van der Waals surface area contributed by atoms with Gasteiger partial charge in [0.05, 0.1) is 5.56 Å². The summed E-state index contributed by atoms with van der Waals surface area (Å²) in [7, 11) is 0. The van der Waals surface area contributed by atoms with Crippen molar-refractivity contribution >= 4 is 33.2 Å². The van der Waals surface area contributed by atoms with Crippen LogP contribution in [0.3, 0.4) is 0 Å². The van der Waals surface area contributed by atoms with E-state index in [9.17, 15) is 4.79 Å². The molecule has 0 radical (unpaired) electrons. The van der Waals surface area contributed by atoms with Crippen LogP contribution >= 0.6 is 15.9 Å². The molecular weight excluding hydrogens is 364 g/mol. The van der Waals surface area contributed by atoms with Gasteiger partial charge in [-0.25, -0.2) is 4.79 Å². The Morgan fingerprint density at radius 3 is 1.88 bits per heavy atom. The molecule has 0 bridgehead atoms. The van der Waals surface area contributed by atoms with E-state index in [0.29, 0.717) is 11.3 Å². The normalized spacial score (nSPS) is 14.3. The molecule has 0 aromatic heterocycles. The molecule has 0 saturated heterocycles. The molecule has 5 rings (SSSR count). The molecule has 0 unspecified atom stereocenters. The summed E-state index contributed by atoms with van der Waals surface area (Å²) in [4.78, 5) is 12.3. The Balaban J connectivity index is 1.90. The van der Waals surface area contributed by atoms with Crippen LogP contribution in [0.2, 0.25) is 0 Å². The van der Waals surface area contributed by atoms with Crippen molar-refractivity contribution in [3.63, 3.8) is 0 Å². The second-order valence-corrected chi connectivity index (χ2v) is 6.79. The summed E-state index contributed by atoms with van der Waals surface area (Å²) in [6, 6.07) is 22.1. The molecule has 114 valence electrons. The average molecular weight is 375 g/mol. The maximum Gasteiger partial charge on any atom is 0.344 e. The van der Waals surface area contributed by atoms with Crippen LogP contribution in [0.4, 0.5) is 0 Å². The first-order chi connectivity index (χ1) is 11.7. The second kappa shape index (κ2) is 4.92. The van der Waals surface area contributed by atoms with Crippen LogP contribution in [0.1, 0.15) is 27.0 Å².